The number of fused-ring (bicyclic) bond motifs is 1. The highest BCUT2D eigenvalue weighted by atomic mass is 19.1. The number of allylic oxidation sites excluding steroid dienone is 1. The molecule has 3 heterocycles. The average Bonchev–Trinajstić information content (AvgIpc) is 3.14. The number of ether oxygens (including phenoxy) is 1. The highest BCUT2D eigenvalue weighted by Crippen LogP contribution is 2.32. The molecule has 7 N–H and O–H groups in total. The molecule has 32 heavy (non-hydrogen) atoms. The van der Waals surface area contributed by atoms with Crippen LogP contribution in [0.1, 0.15) is 27.9 Å². The lowest BCUT2D eigenvalue weighted by atomic mass is 10.1. The summed E-state index contributed by atoms with van der Waals surface area (Å²) in [4.78, 5) is 17.3. The Hall–Kier alpha value is -3.95. The molecule has 0 aliphatic carbocycles. The van der Waals surface area contributed by atoms with Gasteiger partial charge < -0.3 is 36.6 Å². The van der Waals surface area contributed by atoms with Crippen molar-refractivity contribution in [2.45, 2.75) is 25.5 Å². The van der Waals surface area contributed by atoms with Crippen LogP contribution in [-0.4, -0.2) is 51.3 Å². The molecule has 2 aliphatic rings. The van der Waals surface area contributed by atoms with E-state index in [-0.39, 0.29) is 29.0 Å². The second kappa shape index (κ2) is 8.29. The van der Waals surface area contributed by atoms with E-state index < -0.39 is 17.5 Å². The Morgan fingerprint density at radius 1 is 1.41 bits per heavy atom. The fraction of sp³-hybridized carbons (Fsp3) is 0.273. The number of rotatable bonds is 5. The van der Waals surface area contributed by atoms with Crippen molar-refractivity contribution in [3.8, 4) is 11.6 Å². The van der Waals surface area contributed by atoms with E-state index in [0.717, 1.165) is 6.07 Å². The molecule has 2 unspecified atom stereocenters. The number of hydrogen-bond donors (Lipinski definition) is 5. The molecule has 2 aliphatic heterocycles. The molecule has 0 spiro atoms. The standard InChI is InChI=1S/C22H24FN5O4/c1-11-5-19(26-9-15(11)22(30)31)32-13-6-12-8-27-21(25)18(28(12)10-13)7-17(24)14-3-2-4-16(23)20(14)29/h2-5,7,9,12-13,27,29H,6,8,10,24-25H2,1H3,(H,30,31)/b17-7-. The minimum Gasteiger partial charge on any atom is -0.504 e. The smallest absolute Gasteiger partial charge is 0.337 e. The monoisotopic (exact) mass is 441 g/mol. The summed E-state index contributed by atoms with van der Waals surface area (Å²) in [5.41, 5.74) is 14.0. The first-order valence-corrected chi connectivity index (χ1v) is 10.1. The molecule has 0 radical (unpaired) electrons. The van der Waals surface area contributed by atoms with Gasteiger partial charge in [-0.2, -0.15) is 0 Å². The van der Waals surface area contributed by atoms with Gasteiger partial charge in [-0.3, -0.25) is 0 Å². The molecular formula is C22H24FN5O4. The van der Waals surface area contributed by atoms with E-state index in [0.29, 0.717) is 42.5 Å². The molecule has 4 rings (SSSR count). The van der Waals surface area contributed by atoms with Gasteiger partial charge in [-0.05, 0) is 30.7 Å². The molecule has 2 aromatic rings. The lowest BCUT2D eigenvalue weighted by molar-refractivity contribution is 0.0695. The Balaban J connectivity index is 1.54. The van der Waals surface area contributed by atoms with Gasteiger partial charge >= 0.3 is 5.97 Å². The number of nitrogens with two attached hydrogens (primary N) is 2. The number of benzene rings is 1. The highest BCUT2D eigenvalue weighted by molar-refractivity contribution is 5.88. The van der Waals surface area contributed by atoms with Gasteiger partial charge in [0.25, 0.3) is 0 Å². The molecule has 0 bridgehead atoms. The molecule has 1 fully saturated rings. The number of aromatic hydroxyl groups is 1. The summed E-state index contributed by atoms with van der Waals surface area (Å²) in [7, 11) is 0. The number of carboxylic acid groups (broad SMARTS) is 1. The number of aromatic nitrogens is 1. The Labute approximate surface area is 183 Å². The maximum absolute atomic E-state index is 13.7. The summed E-state index contributed by atoms with van der Waals surface area (Å²) in [6, 6.07) is 5.83. The number of carbonyl (C=O) groups is 1. The van der Waals surface area contributed by atoms with Crippen molar-refractivity contribution >= 4 is 11.7 Å². The number of para-hydroxylation sites is 1. The number of pyridine rings is 1. The quantitative estimate of drug-likeness (QED) is 0.465. The number of phenols is 1. The number of nitrogens with one attached hydrogen (secondary N) is 1. The summed E-state index contributed by atoms with van der Waals surface area (Å²) in [6.07, 6.45) is 3.37. The third kappa shape index (κ3) is 3.98. The van der Waals surface area contributed by atoms with Crippen molar-refractivity contribution < 1.29 is 24.1 Å². The first-order valence-electron chi connectivity index (χ1n) is 10.1. The lowest BCUT2D eigenvalue weighted by Crippen LogP contribution is -2.45. The summed E-state index contributed by atoms with van der Waals surface area (Å²) < 4.78 is 19.7. The first-order chi connectivity index (χ1) is 15.2. The Bertz CT molecular complexity index is 1130. The second-order valence-electron chi connectivity index (χ2n) is 7.84. The zero-order valence-corrected chi connectivity index (χ0v) is 17.4. The topological polar surface area (TPSA) is 147 Å². The number of carboxylic acids is 1. The molecule has 1 aromatic carbocycles. The Morgan fingerprint density at radius 2 is 2.19 bits per heavy atom. The van der Waals surface area contributed by atoms with Crippen LogP contribution in [0.3, 0.4) is 0 Å². The summed E-state index contributed by atoms with van der Waals surface area (Å²) in [5.74, 6) is -1.55. The van der Waals surface area contributed by atoms with Gasteiger partial charge in [0.05, 0.1) is 23.8 Å². The summed E-state index contributed by atoms with van der Waals surface area (Å²) in [5, 5.41) is 22.3. The summed E-state index contributed by atoms with van der Waals surface area (Å²) in [6.45, 7) is 2.80. The number of nitrogens with zero attached hydrogens (tertiary/aromatic N) is 2. The Morgan fingerprint density at radius 3 is 2.91 bits per heavy atom. The molecular weight excluding hydrogens is 417 g/mol. The highest BCUT2D eigenvalue weighted by Gasteiger charge is 2.37. The van der Waals surface area contributed by atoms with Crippen LogP contribution in [0.4, 0.5) is 4.39 Å². The predicted molar refractivity (Wildman–Crippen MR) is 115 cm³/mol. The van der Waals surface area contributed by atoms with Crippen LogP contribution in [0.5, 0.6) is 11.6 Å². The fourth-order valence-electron chi connectivity index (χ4n) is 4.04. The molecule has 1 aromatic heterocycles. The van der Waals surface area contributed by atoms with Gasteiger partial charge in [0.1, 0.15) is 11.9 Å². The van der Waals surface area contributed by atoms with E-state index in [1.165, 1.54) is 18.3 Å². The maximum Gasteiger partial charge on any atom is 0.337 e. The number of aromatic carboxylic acids is 1. The van der Waals surface area contributed by atoms with E-state index in [2.05, 4.69) is 15.2 Å². The molecule has 1 saturated heterocycles. The summed E-state index contributed by atoms with van der Waals surface area (Å²) >= 11 is 0. The van der Waals surface area contributed by atoms with E-state index >= 15 is 0 Å². The normalized spacial score (nSPS) is 20.7. The third-order valence-corrected chi connectivity index (χ3v) is 5.68. The van der Waals surface area contributed by atoms with E-state index in [9.17, 15) is 14.3 Å². The maximum atomic E-state index is 13.7. The third-order valence-electron chi connectivity index (χ3n) is 5.68. The minimum absolute atomic E-state index is 0.0758. The van der Waals surface area contributed by atoms with Crippen molar-refractivity contribution in [2.24, 2.45) is 11.5 Å². The number of hydrogen-bond acceptors (Lipinski definition) is 8. The molecule has 0 amide bonds. The molecule has 10 heteroatoms. The molecule has 9 nitrogen and oxygen atoms in total. The first kappa shape index (κ1) is 21.3. The minimum atomic E-state index is -1.04. The molecule has 168 valence electrons. The van der Waals surface area contributed by atoms with Crippen molar-refractivity contribution in [3.63, 3.8) is 0 Å². The average molecular weight is 441 g/mol. The predicted octanol–water partition coefficient (Wildman–Crippen LogP) is 1.49. The Kier molecular flexibility index (Phi) is 5.52. The fourth-order valence-corrected chi connectivity index (χ4v) is 4.04. The van der Waals surface area contributed by atoms with Gasteiger partial charge in [-0.15, -0.1) is 0 Å². The lowest BCUT2D eigenvalue weighted by Gasteiger charge is -2.34. The van der Waals surface area contributed by atoms with Gasteiger partial charge in [-0.25, -0.2) is 14.2 Å². The van der Waals surface area contributed by atoms with Gasteiger partial charge in [0.2, 0.25) is 5.88 Å². The zero-order valence-electron chi connectivity index (χ0n) is 17.4. The number of phenolic OH excluding ortho intramolecular Hbond substituents is 1. The van der Waals surface area contributed by atoms with Crippen LogP contribution in [0.2, 0.25) is 0 Å². The van der Waals surface area contributed by atoms with Crippen LogP contribution >= 0.6 is 0 Å². The second-order valence-corrected chi connectivity index (χ2v) is 7.84. The molecule has 0 saturated carbocycles. The van der Waals surface area contributed by atoms with Crippen LogP contribution in [0, 0.1) is 12.7 Å². The SMILES string of the molecule is Cc1cc(OC2CC3CNC(N)=C(/C=C(\N)c4cccc(F)c4O)N3C2)ncc1C(=O)O. The van der Waals surface area contributed by atoms with Gasteiger partial charge in [0.15, 0.2) is 11.6 Å². The van der Waals surface area contributed by atoms with E-state index in [1.807, 2.05) is 0 Å². The van der Waals surface area contributed by atoms with Crippen molar-refractivity contribution in [2.75, 3.05) is 13.1 Å². The van der Waals surface area contributed by atoms with E-state index in [4.69, 9.17) is 21.3 Å². The van der Waals surface area contributed by atoms with Gasteiger partial charge in [0, 0.05) is 36.5 Å². The largest absolute Gasteiger partial charge is 0.504 e. The van der Waals surface area contributed by atoms with Crippen LogP contribution in [0.15, 0.2) is 48.1 Å². The number of aryl methyl sites for hydroxylation is 1. The van der Waals surface area contributed by atoms with Crippen molar-refractivity contribution in [1.82, 2.24) is 15.2 Å². The van der Waals surface area contributed by atoms with Crippen LogP contribution in [0.25, 0.3) is 5.70 Å². The van der Waals surface area contributed by atoms with Crippen molar-refractivity contribution in [3.05, 3.63) is 70.6 Å². The van der Waals surface area contributed by atoms with Gasteiger partial charge in [-0.1, -0.05) is 6.07 Å². The van der Waals surface area contributed by atoms with Crippen molar-refractivity contribution in [1.29, 1.82) is 0 Å². The van der Waals surface area contributed by atoms with Crippen LogP contribution < -0.4 is 21.5 Å². The van der Waals surface area contributed by atoms with Crippen LogP contribution in [-0.2, 0) is 0 Å². The van der Waals surface area contributed by atoms with E-state index in [1.54, 1.807) is 19.1 Å². The molecule has 2 atom stereocenters. The zero-order chi connectivity index (χ0) is 23.0. The number of halogens is 1.